The average molecular weight is 210 g/mol. The van der Waals surface area contributed by atoms with E-state index in [0.29, 0.717) is 0 Å². The van der Waals surface area contributed by atoms with Gasteiger partial charge in [0.1, 0.15) is 0 Å². The summed E-state index contributed by atoms with van der Waals surface area (Å²) in [7, 11) is 0. The summed E-state index contributed by atoms with van der Waals surface area (Å²) in [6.45, 7) is 6.06. The fourth-order valence-electron chi connectivity index (χ4n) is 3.03. The third kappa shape index (κ3) is 2.94. The van der Waals surface area contributed by atoms with Gasteiger partial charge in [-0.25, -0.2) is 0 Å². The molecule has 1 aliphatic carbocycles. The zero-order valence-electron chi connectivity index (χ0n) is 10.2. The molecule has 88 valence electrons. The first-order valence-corrected chi connectivity index (χ1v) is 6.73. The first kappa shape index (κ1) is 11.4. The molecule has 0 bridgehead atoms. The Bertz CT molecular complexity index is 199. The molecule has 1 unspecified atom stereocenters. The van der Waals surface area contributed by atoms with Crippen LogP contribution in [0.1, 0.15) is 51.9 Å². The van der Waals surface area contributed by atoms with Crippen LogP contribution in [-0.2, 0) is 0 Å². The number of hydrogen-bond donors (Lipinski definition) is 1. The molecule has 0 spiro atoms. The topological polar surface area (TPSA) is 29.3 Å². The molecule has 15 heavy (non-hydrogen) atoms. The van der Waals surface area contributed by atoms with Gasteiger partial charge in [0.2, 0.25) is 0 Å². The Morgan fingerprint density at radius 2 is 2.00 bits per heavy atom. The predicted octanol–water partition coefficient (Wildman–Crippen LogP) is 2.38. The highest BCUT2D eigenvalue weighted by molar-refractivity contribution is 4.95. The third-order valence-corrected chi connectivity index (χ3v) is 4.41. The van der Waals surface area contributed by atoms with E-state index in [-0.39, 0.29) is 5.54 Å². The average Bonchev–Trinajstić information content (AvgIpc) is 2.41. The highest BCUT2D eigenvalue weighted by atomic mass is 15.1. The van der Waals surface area contributed by atoms with Crippen molar-refractivity contribution < 1.29 is 0 Å². The molecule has 0 aromatic heterocycles. The second kappa shape index (κ2) is 4.84. The molecule has 1 aliphatic heterocycles. The van der Waals surface area contributed by atoms with E-state index in [4.69, 9.17) is 5.73 Å². The second-order valence-electron chi connectivity index (χ2n) is 5.70. The van der Waals surface area contributed by atoms with Crippen molar-refractivity contribution in [2.45, 2.75) is 57.4 Å². The maximum Gasteiger partial charge on any atom is 0.0283 e. The van der Waals surface area contributed by atoms with Gasteiger partial charge >= 0.3 is 0 Å². The van der Waals surface area contributed by atoms with E-state index < -0.39 is 0 Å². The maximum absolute atomic E-state index is 6.31. The van der Waals surface area contributed by atoms with Crippen molar-refractivity contribution in [2.75, 3.05) is 19.6 Å². The molecule has 1 saturated carbocycles. The molecule has 1 saturated heterocycles. The van der Waals surface area contributed by atoms with Crippen LogP contribution in [0.4, 0.5) is 0 Å². The van der Waals surface area contributed by atoms with Gasteiger partial charge in [-0.1, -0.05) is 13.3 Å². The zero-order valence-corrected chi connectivity index (χ0v) is 10.2. The molecular formula is C13H26N2. The summed E-state index contributed by atoms with van der Waals surface area (Å²) >= 11 is 0. The molecule has 2 heteroatoms. The normalized spacial score (nSPS) is 32.0. The molecule has 1 heterocycles. The maximum atomic E-state index is 6.31. The first-order valence-electron chi connectivity index (χ1n) is 6.73. The number of likely N-dealkylation sites (tertiary alicyclic amines) is 1. The Kier molecular flexibility index (Phi) is 3.68. The fraction of sp³-hybridized carbons (Fsp3) is 1.00. The quantitative estimate of drug-likeness (QED) is 0.775. The van der Waals surface area contributed by atoms with Gasteiger partial charge in [-0.2, -0.15) is 0 Å². The van der Waals surface area contributed by atoms with Gasteiger partial charge in [-0.15, -0.1) is 0 Å². The van der Waals surface area contributed by atoms with Crippen molar-refractivity contribution in [3.05, 3.63) is 0 Å². The van der Waals surface area contributed by atoms with Crippen molar-refractivity contribution in [1.29, 1.82) is 0 Å². The van der Waals surface area contributed by atoms with Crippen LogP contribution in [-0.4, -0.2) is 30.1 Å². The summed E-state index contributed by atoms with van der Waals surface area (Å²) < 4.78 is 0. The first-order chi connectivity index (χ1) is 7.22. The minimum Gasteiger partial charge on any atom is -0.324 e. The number of rotatable bonds is 3. The van der Waals surface area contributed by atoms with E-state index in [1.807, 2.05) is 0 Å². The number of nitrogens with zero attached hydrogens (tertiary/aromatic N) is 1. The van der Waals surface area contributed by atoms with Gasteiger partial charge in [-0.3, -0.25) is 0 Å². The van der Waals surface area contributed by atoms with E-state index in [9.17, 15) is 0 Å². The third-order valence-electron chi connectivity index (χ3n) is 4.41. The van der Waals surface area contributed by atoms with Crippen LogP contribution in [0, 0.1) is 5.92 Å². The Morgan fingerprint density at radius 1 is 1.20 bits per heavy atom. The van der Waals surface area contributed by atoms with Crippen LogP contribution in [0.2, 0.25) is 0 Å². The largest absolute Gasteiger partial charge is 0.324 e. The smallest absolute Gasteiger partial charge is 0.0283 e. The Morgan fingerprint density at radius 3 is 2.60 bits per heavy atom. The van der Waals surface area contributed by atoms with E-state index in [1.165, 1.54) is 58.0 Å². The summed E-state index contributed by atoms with van der Waals surface area (Å²) in [4.78, 5) is 2.62. The van der Waals surface area contributed by atoms with E-state index in [2.05, 4.69) is 11.8 Å². The monoisotopic (exact) mass is 210 g/mol. The molecular weight excluding hydrogens is 184 g/mol. The Labute approximate surface area is 94.2 Å². The van der Waals surface area contributed by atoms with Crippen molar-refractivity contribution in [3.63, 3.8) is 0 Å². The fourth-order valence-corrected chi connectivity index (χ4v) is 3.03. The summed E-state index contributed by atoms with van der Waals surface area (Å²) in [5.41, 5.74) is 6.50. The molecule has 0 aromatic carbocycles. The van der Waals surface area contributed by atoms with Crippen molar-refractivity contribution in [3.8, 4) is 0 Å². The van der Waals surface area contributed by atoms with Crippen LogP contribution in [0.15, 0.2) is 0 Å². The van der Waals surface area contributed by atoms with Crippen LogP contribution in [0.5, 0.6) is 0 Å². The van der Waals surface area contributed by atoms with Crippen LogP contribution in [0.25, 0.3) is 0 Å². The summed E-state index contributed by atoms with van der Waals surface area (Å²) in [5.74, 6) is 0.977. The van der Waals surface area contributed by atoms with Gasteiger partial charge in [0.15, 0.2) is 0 Å². The van der Waals surface area contributed by atoms with Gasteiger partial charge in [0, 0.05) is 12.1 Å². The van der Waals surface area contributed by atoms with Crippen molar-refractivity contribution in [1.82, 2.24) is 4.90 Å². The Balaban J connectivity index is 1.78. The zero-order chi connectivity index (χ0) is 10.7. The second-order valence-corrected chi connectivity index (χ2v) is 5.70. The molecule has 0 radical (unpaired) electrons. The molecule has 2 aliphatic rings. The lowest BCUT2D eigenvalue weighted by atomic mass is 9.77. The SMILES string of the molecule is CCC1CCCN(CC2(N)CCC2)CC1. The molecule has 2 rings (SSSR count). The van der Waals surface area contributed by atoms with Crippen LogP contribution in [0.3, 0.4) is 0 Å². The van der Waals surface area contributed by atoms with Gasteiger partial charge in [-0.05, 0) is 57.5 Å². The lowest BCUT2D eigenvalue weighted by Gasteiger charge is -2.41. The summed E-state index contributed by atoms with van der Waals surface area (Å²) in [5, 5.41) is 0. The molecule has 2 fully saturated rings. The predicted molar refractivity (Wildman–Crippen MR) is 64.8 cm³/mol. The van der Waals surface area contributed by atoms with Crippen molar-refractivity contribution in [2.24, 2.45) is 11.7 Å². The van der Waals surface area contributed by atoms with Crippen LogP contribution >= 0.6 is 0 Å². The summed E-state index contributed by atoms with van der Waals surface area (Å²) in [6.07, 6.45) is 9.43. The summed E-state index contributed by atoms with van der Waals surface area (Å²) in [6, 6.07) is 0. The molecule has 2 N–H and O–H groups in total. The number of nitrogens with two attached hydrogens (primary N) is 1. The molecule has 1 atom stereocenters. The van der Waals surface area contributed by atoms with E-state index in [1.54, 1.807) is 0 Å². The number of hydrogen-bond acceptors (Lipinski definition) is 2. The van der Waals surface area contributed by atoms with E-state index in [0.717, 1.165) is 12.5 Å². The van der Waals surface area contributed by atoms with Gasteiger partial charge in [0.25, 0.3) is 0 Å². The minimum absolute atomic E-state index is 0.187. The molecule has 0 aromatic rings. The molecule has 2 nitrogen and oxygen atoms in total. The molecule has 0 amide bonds. The lowest BCUT2D eigenvalue weighted by molar-refractivity contribution is 0.147. The van der Waals surface area contributed by atoms with Crippen molar-refractivity contribution >= 4 is 0 Å². The van der Waals surface area contributed by atoms with Gasteiger partial charge in [0.05, 0.1) is 0 Å². The van der Waals surface area contributed by atoms with Crippen LogP contribution < -0.4 is 5.73 Å². The highest BCUT2D eigenvalue weighted by Gasteiger charge is 2.34. The standard InChI is InChI=1S/C13H26N2/c1-2-12-5-3-9-15(10-6-12)11-13(14)7-4-8-13/h12H,2-11,14H2,1H3. The van der Waals surface area contributed by atoms with E-state index >= 15 is 0 Å². The Hall–Kier alpha value is -0.0800. The minimum atomic E-state index is 0.187. The highest BCUT2D eigenvalue weighted by Crippen LogP contribution is 2.31. The lowest BCUT2D eigenvalue weighted by Crippen LogP contribution is -2.55. The van der Waals surface area contributed by atoms with Gasteiger partial charge < -0.3 is 10.6 Å².